The number of hydrogen-bond acceptors (Lipinski definition) is 2. The molecule has 0 atom stereocenters. The van der Waals surface area contributed by atoms with Crippen molar-refractivity contribution >= 4 is 0 Å². The van der Waals surface area contributed by atoms with E-state index >= 15 is 0 Å². The molecule has 1 aromatic heterocycles. The number of unbranched alkanes of at least 4 members (excludes halogenated alkanes) is 1. The minimum Gasteiger partial charge on any atom is -0.504 e. The van der Waals surface area contributed by atoms with E-state index in [0.29, 0.717) is 5.75 Å². The van der Waals surface area contributed by atoms with Crippen LogP contribution in [0.2, 0.25) is 0 Å². The van der Waals surface area contributed by atoms with Gasteiger partial charge in [0.2, 0.25) is 0 Å². The predicted octanol–water partition coefficient (Wildman–Crippen LogP) is 3.23. The number of nitrogens with zero attached hydrogens (tertiary/aromatic N) is 2. The molecule has 0 saturated heterocycles. The first kappa shape index (κ1) is 11.7. The van der Waals surface area contributed by atoms with Gasteiger partial charge >= 0.3 is 0 Å². The van der Waals surface area contributed by atoms with E-state index in [4.69, 9.17) is 0 Å². The summed E-state index contributed by atoms with van der Waals surface area (Å²) < 4.78 is 1.85. The van der Waals surface area contributed by atoms with Gasteiger partial charge in [0.1, 0.15) is 0 Å². The highest BCUT2D eigenvalue weighted by molar-refractivity contribution is 5.42. The fourth-order valence-electron chi connectivity index (χ4n) is 1.95. The summed E-state index contributed by atoms with van der Waals surface area (Å²) in [4.78, 5) is 0. The second-order valence-electron chi connectivity index (χ2n) is 4.28. The van der Waals surface area contributed by atoms with Crippen LogP contribution in [-0.2, 0) is 6.42 Å². The zero-order chi connectivity index (χ0) is 12.3. The molecule has 1 N–H and O–H groups in total. The Hall–Kier alpha value is -1.77. The van der Waals surface area contributed by atoms with E-state index in [2.05, 4.69) is 25.0 Å². The van der Waals surface area contributed by atoms with Gasteiger partial charge in [-0.1, -0.05) is 31.5 Å². The van der Waals surface area contributed by atoms with Crippen molar-refractivity contribution in [2.24, 2.45) is 0 Å². The Bertz CT molecular complexity index is 503. The molecule has 0 aliphatic rings. The molecule has 2 rings (SSSR count). The summed E-state index contributed by atoms with van der Waals surface area (Å²) in [7, 11) is 0. The standard InChI is InChI=1S/C14H18N2O/c1-3-4-8-13-14(17)10-15-16(13)12-9-6-5-7-11(12)2/h5-7,9-10,17H,3-4,8H2,1-2H3. The van der Waals surface area contributed by atoms with Crippen molar-refractivity contribution < 1.29 is 5.11 Å². The van der Waals surface area contributed by atoms with E-state index in [9.17, 15) is 5.11 Å². The Morgan fingerprint density at radius 2 is 2.06 bits per heavy atom. The molecule has 1 heterocycles. The monoisotopic (exact) mass is 230 g/mol. The van der Waals surface area contributed by atoms with Crippen LogP contribution in [0.3, 0.4) is 0 Å². The summed E-state index contributed by atoms with van der Waals surface area (Å²) >= 11 is 0. The number of aromatic nitrogens is 2. The van der Waals surface area contributed by atoms with Crippen molar-refractivity contribution in [2.75, 3.05) is 0 Å². The average Bonchev–Trinajstić information content (AvgIpc) is 2.69. The van der Waals surface area contributed by atoms with E-state index in [1.807, 2.05) is 22.9 Å². The third-order valence-electron chi connectivity index (χ3n) is 2.96. The third kappa shape index (κ3) is 2.33. The summed E-state index contributed by atoms with van der Waals surface area (Å²) in [6.45, 7) is 4.20. The Labute approximate surface area is 102 Å². The first-order chi connectivity index (χ1) is 8.24. The molecule has 3 heteroatoms. The smallest absolute Gasteiger partial charge is 0.157 e. The van der Waals surface area contributed by atoms with Gasteiger partial charge in [-0.25, -0.2) is 4.68 Å². The molecule has 0 saturated carbocycles. The van der Waals surface area contributed by atoms with Crippen molar-refractivity contribution in [3.8, 4) is 11.4 Å². The van der Waals surface area contributed by atoms with Crippen LogP contribution in [0.25, 0.3) is 5.69 Å². The predicted molar refractivity (Wildman–Crippen MR) is 68.6 cm³/mol. The van der Waals surface area contributed by atoms with Gasteiger partial charge in [-0.05, 0) is 31.4 Å². The highest BCUT2D eigenvalue weighted by Gasteiger charge is 2.11. The van der Waals surface area contributed by atoms with Crippen molar-refractivity contribution in [1.29, 1.82) is 0 Å². The summed E-state index contributed by atoms with van der Waals surface area (Å²) in [5.74, 6) is 0.293. The van der Waals surface area contributed by atoms with E-state index in [-0.39, 0.29) is 0 Å². The lowest BCUT2D eigenvalue weighted by Gasteiger charge is -2.09. The summed E-state index contributed by atoms with van der Waals surface area (Å²) in [6, 6.07) is 8.08. The topological polar surface area (TPSA) is 38.1 Å². The van der Waals surface area contributed by atoms with Gasteiger partial charge in [0, 0.05) is 0 Å². The fourth-order valence-corrected chi connectivity index (χ4v) is 1.95. The zero-order valence-electron chi connectivity index (χ0n) is 10.3. The summed E-state index contributed by atoms with van der Waals surface area (Å²) in [5.41, 5.74) is 3.11. The molecule has 17 heavy (non-hydrogen) atoms. The lowest BCUT2D eigenvalue weighted by atomic mass is 10.1. The minimum atomic E-state index is 0.293. The van der Waals surface area contributed by atoms with Crippen LogP contribution in [0.5, 0.6) is 5.75 Å². The number of rotatable bonds is 4. The van der Waals surface area contributed by atoms with Crippen molar-refractivity contribution in [3.63, 3.8) is 0 Å². The maximum atomic E-state index is 9.83. The Kier molecular flexibility index (Phi) is 3.47. The summed E-state index contributed by atoms with van der Waals surface area (Å²) in [5, 5.41) is 14.1. The Morgan fingerprint density at radius 1 is 1.29 bits per heavy atom. The maximum Gasteiger partial charge on any atom is 0.157 e. The van der Waals surface area contributed by atoms with Gasteiger partial charge in [-0.15, -0.1) is 0 Å². The SMILES string of the molecule is CCCCc1c(O)cnn1-c1ccccc1C. The molecule has 0 aliphatic carbocycles. The van der Waals surface area contributed by atoms with Crippen LogP contribution in [0.1, 0.15) is 31.0 Å². The van der Waals surface area contributed by atoms with Crippen LogP contribution >= 0.6 is 0 Å². The van der Waals surface area contributed by atoms with Crippen LogP contribution in [0, 0.1) is 6.92 Å². The van der Waals surface area contributed by atoms with Gasteiger partial charge in [-0.3, -0.25) is 0 Å². The summed E-state index contributed by atoms with van der Waals surface area (Å²) in [6.07, 6.45) is 4.55. The molecule has 0 fully saturated rings. The Morgan fingerprint density at radius 3 is 2.76 bits per heavy atom. The maximum absolute atomic E-state index is 9.83. The first-order valence-corrected chi connectivity index (χ1v) is 6.06. The van der Waals surface area contributed by atoms with Crippen LogP contribution in [0.15, 0.2) is 30.5 Å². The number of para-hydroxylation sites is 1. The highest BCUT2D eigenvalue weighted by atomic mass is 16.3. The molecular weight excluding hydrogens is 212 g/mol. The quantitative estimate of drug-likeness (QED) is 0.875. The number of aromatic hydroxyl groups is 1. The van der Waals surface area contributed by atoms with Gasteiger partial charge in [-0.2, -0.15) is 5.10 Å². The lowest BCUT2D eigenvalue weighted by Crippen LogP contribution is -2.04. The van der Waals surface area contributed by atoms with E-state index in [0.717, 1.165) is 36.2 Å². The highest BCUT2D eigenvalue weighted by Crippen LogP contribution is 2.23. The number of benzene rings is 1. The molecule has 0 radical (unpaired) electrons. The van der Waals surface area contributed by atoms with E-state index < -0.39 is 0 Å². The molecule has 0 unspecified atom stereocenters. The first-order valence-electron chi connectivity index (χ1n) is 6.06. The molecule has 3 nitrogen and oxygen atoms in total. The van der Waals surface area contributed by atoms with Crippen molar-refractivity contribution in [1.82, 2.24) is 9.78 Å². The third-order valence-corrected chi connectivity index (χ3v) is 2.96. The fraction of sp³-hybridized carbons (Fsp3) is 0.357. The largest absolute Gasteiger partial charge is 0.504 e. The molecular formula is C14H18N2O. The molecule has 0 aliphatic heterocycles. The van der Waals surface area contributed by atoms with Crippen LogP contribution in [0.4, 0.5) is 0 Å². The second-order valence-corrected chi connectivity index (χ2v) is 4.28. The van der Waals surface area contributed by atoms with E-state index in [1.54, 1.807) is 0 Å². The number of aryl methyl sites for hydroxylation is 1. The second kappa shape index (κ2) is 5.04. The van der Waals surface area contributed by atoms with Gasteiger partial charge in [0.25, 0.3) is 0 Å². The van der Waals surface area contributed by atoms with E-state index in [1.165, 1.54) is 6.20 Å². The average molecular weight is 230 g/mol. The lowest BCUT2D eigenvalue weighted by molar-refractivity contribution is 0.465. The molecule has 1 aromatic carbocycles. The zero-order valence-corrected chi connectivity index (χ0v) is 10.3. The van der Waals surface area contributed by atoms with Crippen molar-refractivity contribution in [3.05, 3.63) is 41.7 Å². The molecule has 2 aromatic rings. The van der Waals surface area contributed by atoms with Gasteiger partial charge < -0.3 is 5.11 Å². The molecule has 0 bridgehead atoms. The Balaban J connectivity index is 2.42. The normalized spacial score (nSPS) is 10.7. The van der Waals surface area contributed by atoms with Crippen molar-refractivity contribution in [2.45, 2.75) is 33.1 Å². The molecule has 0 amide bonds. The van der Waals surface area contributed by atoms with Gasteiger partial charge in [0.15, 0.2) is 5.75 Å². The van der Waals surface area contributed by atoms with Gasteiger partial charge in [0.05, 0.1) is 17.6 Å². The van der Waals surface area contributed by atoms with Crippen LogP contribution < -0.4 is 0 Å². The minimum absolute atomic E-state index is 0.293. The number of hydrogen-bond donors (Lipinski definition) is 1. The van der Waals surface area contributed by atoms with Crippen LogP contribution in [-0.4, -0.2) is 14.9 Å². The molecule has 90 valence electrons. The molecule has 0 spiro atoms.